The molecule has 37 heavy (non-hydrogen) atoms. The number of amidine groups is 1. The van der Waals surface area contributed by atoms with Gasteiger partial charge in [-0.15, -0.1) is 0 Å². The number of benzene rings is 3. The van der Waals surface area contributed by atoms with E-state index in [0.717, 1.165) is 27.7 Å². The number of carbonyl (C=O) groups is 1. The lowest BCUT2D eigenvalue weighted by molar-refractivity contribution is -0.122. The molecule has 3 aromatic carbocycles. The monoisotopic (exact) mass is 547 g/mol. The van der Waals surface area contributed by atoms with Crippen molar-refractivity contribution in [3.05, 3.63) is 105 Å². The molecule has 1 amide bonds. The van der Waals surface area contributed by atoms with Crippen molar-refractivity contribution in [3.8, 4) is 0 Å². The molecular weight excluding hydrogens is 521 g/mol. The molecule has 0 spiro atoms. The highest BCUT2D eigenvalue weighted by molar-refractivity contribution is 8.18. The first-order valence-corrected chi connectivity index (χ1v) is 13.7. The lowest BCUT2D eigenvalue weighted by atomic mass is 10.1. The third kappa shape index (κ3) is 5.64. The molecule has 1 saturated heterocycles. The molecule has 188 valence electrons. The summed E-state index contributed by atoms with van der Waals surface area (Å²) < 4.78 is 2.16. The van der Waals surface area contributed by atoms with Gasteiger partial charge < -0.3 is 4.57 Å². The van der Waals surface area contributed by atoms with E-state index in [1.807, 2.05) is 61.5 Å². The number of halogens is 2. The van der Waals surface area contributed by atoms with Gasteiger partial charge in [0.05, 0.1) is 10.6 Å². The molecule has 0 bridgehead atoms. The van der Waals surface area contributed by atoms with Gasteiger partial charge in [0.15, 0.2) is 5.17 Å². The average molecular weight is 549 g/mol. The van der Waals surface area contributed by atoms with Crippen LogP contribution in [0.3, 0.4) is 0 Å². The molecule has 2 heterocycles. The maximum absolute atomic E-state index is 13.5. The van der Waals surface area contributed by atoms with E-state index in [4.69, 9.17) is 28.2 Å². The summed E-state index contributed by atoms with van der Waals surface area (Å²) in [4.78, 5) is 20.8. The average Bonchev–Trinajstić information content (AvgIpc) is 3.35. The van der Waals surface area contributed by atoms with Crippen LogP contribution in [0.1, 0.15) is 30.5 Å². The Morgan fingerprint density at radius 1 is 1.03 bits per heavy atom. The largest absolute Gasteiger partial charge is 0.342 e. The number of thioether (sulfide) groups is 1. The molecule has 5 rings (SSSR count). The molecule has 1 fully saturated rings. The summed E-state index contributed by atoms with van der Waals surface area (Å²) in [6, 6.07) is 21.8. The van der Waals surface area contributed by atoms with E-state index in [1.54, 1.807) is 11.0 Å². The lowest BCUT2D eigenvalue weighted by Crippen LogP contribution is -2.32. The van der Waals surface area contributed by atoms with Gasteiger partial charge in [-0.25, -0.2) is 4.99 Å². The first-order chi connectivity index (χ1) is 17.8. The van der Waals surface area contributed by atoms with Gasteiger partial charge in [0.25, 0.3) is 5.91 Å². The number of hydrogen-bond acceptors (Lipinski definition) is 3. The fourth-order valence-electron chi connectivity index (χ4n) is 4.34. The summed E-state index contributed by atoms with van der Waals surface area (Å²) in [6.45, 7) is 7.48. The molecule has 0 radical (unpaired) electrons. The van der Waals surface area contributed by atoms with Gasteiger partial charge in [-0.1, -0.05) is 79.0 Å². The van der Waals surface area contributed by atoms with E-state index in [9.17, 15) is 4.79 Å². The van der Waals surface area contributed by atoms with E-state index in [0.29, 0.717) is 39.1 Å². The Morgan fingerprint density at radius 3 is 2.51 bits per heavy atom. The van der Waals surface area contributed by atoms with Crippen LogP contribution < -0.4 is 0 Å². The minimum atomic E-state index is -0.0119. The van der Waals surface area contributed by atoms with Crippen LogP contribution in [0.25, 0.3) is 17.0 Å². The molecule has 4 aromatic rings. The second-order valence-electron chi connectivity index (χ2n) is 9.62. The maximum Gasteiger partial charge on any atom is 0.266 e. The van der Waals surface area contributed by atoms with Crippen LogP contribution in [0.15, 0.2) is 82.8 Å². The zero-order valence-electron chi connectivity index (χ0n) is 20.9. The van der Waals surface area contributed by atoms with Crippen molar-refractivity contribution in [3.63, 3.8) is 0 Å². The van der Waals surface area contributed by atoms with Crippen molar-refractivity contribution in [2.75, 3.05) is 6.54 Å². The van der Waals surface area contributed by atoms with Crippen LogP contribution in [-0.4, -0.2) is 27.1 Å². The summed E-state index contributed by atoms with van der Waals surface area (Å²) >= 11 is 14.0. The predicted octanol–water partition coefficient (Wildman–Crippen LogP) is 8.56. The van der Waals surface area contributed by atoms with Crippen LogP contribution in [-0.2, 0) is 11.3 Å². The summed E-state index contributed by atoms with van der Waals surface area (Å²) in [6.07, 6.45) is 4.07. The first-order valence-electron chi connectivity index (χ1n) is 12.2. The Hall–Kier alpha value is -2.99. The van der Waals surface area contributed by atoms with Crippen molar-refractivity contribution in [2.45, 2.75) is 27.3 Å². The lowest BCUT2D eigenvalue weighted by Gasteiger charge is -2.17. The number of amides is 1. The van der Waals surface area contributed by atoms with Crippen molar-refractivity contribution in [2.24, 2.45) is 10.9 Å². The molecular formula is C30H27Cl2N3OS. The van der Waals surface area contributed by atoms with E-state index >= 15 is 0 Å². The standard InChI is InChI=1S/C30H27Cl2N3OS/c1-19(2)16-35-29(36)28(37-30(35)33-24-12-8-20(3)9-13-24)14-22-18-34(27-7-5-4-6-25(22)27)17-21-10-11-23(31)15-26(21)32/h4-15,18-19H,16-17H2,1-3H3/b28-14+,33-30?. The third-order valence-corrected chi connectivity index (χ3v) is 7.75. The van der Waals surface area contributed by atoms with Crippen molar-refractivity contribution in [1.82, 2.24) is 9.47 Å². The highest BCUT2D eigenvalue weighted by atomic mass is 35.5. The molecule has 7 heteroatoms. The van der Waals surface area contributed by atoms with Crippen LogP contribution >= 0.6 is 35.0 Å². The Morgan fingerprint density at radius 2 is 1.78 bits per heavy atom. The SMILES string of the molecule is Cc1ccc(N=C2S/C(=C/c3cn(Cc4ccc(Cl)cc4Cl)c4ccccc34)C(=O)N2CC(C)C)cc1. The van der Waals surface area contributed by atoms with Gasteiger partial charge in [0, 0.05) is 45.8 Å². The number of hydrogen-bond donors (Lipinski definition) is 0. The van der Waals surface area contributed by atoms with Gasteiger partial charge in [-0.05, 0) is 66.6 Å². The number of aromatic nitrogens is 1. The maximum atomic E-state index is 13.5. The molecule has 0 unspecified atom stereocenters. The quantitative estimate of drug-likeness (QED) is 0.226. The summed E-state index contributed by atoms with van der Waals surface area (Å²) in [5.74, 6) is 0.306. The van der Waals surface area contributed by atoms with E-state index in [-0.39, 0.29) is 5.91 Å². The topological polar surface area (TPSA) is 37.6 Å². The summed E-state index contributed by atoms with van der Waals surface area (Å²) in [5, 5.41) is 3.04. The minimum Gasteiger partial charge on any atom is -0.342 e. The Labute approximate surface area is 231 Å². The highest BCUT2D eigenvalue weighted by Gasteiger charge is 2.34. The number of aliphatic imine (C=N–C) groups is 1. The second-order valence-corrected chi connectivity index (χ2v) is 11.5. The zero-order valence-corrected chi connectivity index (χ0v) is 23.2. The summed E-state index contributed by atoms with van der Waals surface area (Å²) in [7, 11) is 0. The van der Waals surface area contributed by atoms with Crippen molar-refractivity contribution < 1.29 is 4.79 Å². The molecule has 0 N–H and O–H groups in total. The van der Waals surface area contributed by atoms with Crippen LogP contribution in [0, 0.1) is 12.8 Å². The Bertz CT molecular complexity index is 1540. The normalized spacial score (nSPS) is 16.2. The first kappa shape index (κ1) is 25.7. The van der Waals surface area contributed by atoms with Gasteiger partial charge in [0.1, 0.15) is 0 Å². The Kier molecular flexibility index (Phi) is 7.47. The minimum absolute atomic E-state index is 0.0119. The number of carbonyl (C=O) groups excluding carboxylic acids is 1. The molecule has 4 nitrogen and oxygen atoms in total. The zero-order chi connectivity index (χ0) is 26.1. The van der Waals surface area contributed by atoms with E-state index < -0.39 is 0 Å². The fourth-order valence-corrected chi connectivity index (χ4v) is 5.81. The molecule has 0 atom stereocenters. The molecule has 0 aliphatic carbocycles. The van der Waals surface area contributed by atoms with Crippen molar-refractivity contribution >= 4 is 68.7 Å². The van der Waals surface area contributed by atoms with Gasteiger partial charge in [-0.2, -0.15) is 0 Å². The number of para-hydroxylation sites is 1. The highest BCUT2D eigenvalue weighted by Crippen LogP contribution is 2.36. The number of nitrogens with zero attached hydrogens (tertiary/aromatic N) is 3. The van der Waals surface area contributed by atoms with Crippen LogP contribution in [0.4, 0.5) is 5.69 Å². The number of fused-ring (bicyclic) bond motifs is 1. The molecule has 1 aromatic heterocycles. The van der Waals surface area contributed by atoms with Gasteiger partial charge >= 0.3 is 0 Å². The van der Waals surface area contributed by atoms with E-state index in [2.05, 4.69) is 36.7 Å². The number of rotatable bonds is 6. The van der Waals surface area contributed by atoms with Gasteiger partial charge in [-0.3, -0.25) is 9.69 Å². The van der Waals surface area contributed by atoms with E-state index in [1.165, 1.54) is 17.3 Å². The van der Waals surface area contributed by atoms with Gasteiger partial charge in [0.2, 0.25) is 0 Å². The summed E-state index contributed by atoms with van der Waals surface area (Å²) in [5.41, 5.74) is 5.05. The smallest absolute Gasteiger partial charge is 0.266 e. The molecule has 0 saturated carbocycles. The predicted molar refractivity (Wildman–Crippen MR) is 158 cm³/mol. The fraction of sp³-hybridized carbons (Fsp3) is 0.200. The van der Waals surface area contributed by atoms with Crippen molar-refractivity contribution in [1.29, 1.82) is 0 Å². The van der Waals surface area contributed by atoms with Crippen LogP contribution in [0.2, 0.25) is 10.0 Å². The number of aryl methyl sites for hydroxylation is 1. The third-order valence-electron chi connectivity index (χ3n) is 6.16. The molecule has 1 aliphatic heterocycles. The second kappa shape index (κ2) is 10.8. The Balaban J connectivity index is 1.53. The van der Waals surface area contributed by atoms with Crippen LogP contribution in [0.5, 0.6) is 0 Å². The molecule has 1 aliphatic rings.